The average molecular weight is 242 g/mol. The summed E-state index contributed by atoms with van der Waals surface area (Å²) < 4.78 is 0. The maximum atomic E-state index is 12.2. The first-order chi connectivity index (χ1) is 7.68. The van der Waals surface area contributed by atoms with Gasteiger partial charge in [-0.05, 0) is 25.0 Å². The maximum Gasteiger partial charge on any atom is 0.240 e. The van der Waals surface area contributed by atoms with Crippen molar-refractivity contribution in [1.82, 2.24) is 10.2 Å². The van der Waals surface area contributed by atoms with Gasteiger partial charge in [0.15, 0.2) is 0 Å². The van der Waals surface area contributed by atoms with Crippen LogP contribution in [0.1, 0.15) is 33.1 Å². The highest BCUT2D eigenvalue weighted by atomic mass is 32.2. The number of nitrogens with zero attached hydrogens (tertiary/aromatic N) is 1. The van der Waals surface area contributed by atoms with Gasteiger partial charge in [-0.3, -0.25) is 4.79 Å². The van der Waals surface area contributed by atoms with Crippen molar-refractivity contribution < 1.29 is 4.79 Å². The second-order valence-electron chi connectivity index (χ2n) is 5.07. The molecule has 0 aromatic carbocycles. The molecule has 2 saturated heterocycles. The first-order valence-electron chi connectivity index (χ1n) is 6.32. The third kappa shape index (κ3) is 2.72. The Hall–Kier alpha value is -0.220. The van der Waals surface area contributed by atoms with Gasteiger partial charge in [0.2, 0.25) is 5.91 Å². The number of carbonyl (C=O) groups is 1. The normalized spacial score (nSPS) is 31.4. The number of rotatable bonds is 3. The van der Waals surface area contributed by atoms with E-state index in [1.54, 1.807) is 0 Å². The van der Waals surface area contributed by atoms with Crippen LogP contribution in [0.5, 0.6) is 0 Å². The van der Waals surface area contributed by atoms with Crippen LogP contribution in [0.2, 0.25) is 0 Å². The van der Waals surface area contributed by atoms with Crippen molar-refractivity contribution in [1.29, 1.82) is 0 Å². The van der Waals surface area contributed by atoms with E-state index in [2.05, 4.69) is 24.1 Å². The van der Waals surface area contributed by atoms with Gasteiger partial charge in [-0.15, -0.1) is 0 Å². The molecule has 2 rings (SSSR count). The molecular weight excluding hydrogens is 220 g/mol. The minimum Gasteiger partial charge on any atom is -0.337 e. The Morgan fingerprint density at radius 2 is 2.25 bits per heavy atom. The van der Waals surface area contributed by atoms with Crippen LogP contribution >= 0.6 is 11.8 Å². The van der Waals surface area contributed by atoms with Crippen molar-refractivity contribution in [3.05, 3.63) is 0 Å². The molecule has 4 heteroatoms. The lowest BCUT2D eigenvalue weighted by atomic mass is 10.1. The van der Waals surface area contributed by atoms with Crippen LogP contribution in [0.4, 0.5) is 0 Å². The van der Waals surface area contributed by atoms with Crippen molar-refractivity contribution in [3.63, 3.8) is 0 Å². The quantitative estimate of drug-likeness (QED) is 0.813. The number of hydrogen-bond donors (Lipinski definition) is 1. The molecule has 0 aromatic heterocycles. The molecule has 1 amide bonds. The molecule has 2 unspecified atom stereocenters. The van der Waals surface area contributed by atoms with E-state index < -0.39 is 0 Å². The molecule has 92 valence electrons. The fraction of sp³-hybridized carbons (Fsp3) is 0.917. The van der Waals surface area contributed by atoms with Gasteiger partial charge in [0.25, 0.3) is 0 Å². The highest BCUT2D eigenvalue weighted by Crippen LogP contribution is 2.25. The van der Waals surface area contributed by atoms with Crippen LogP contribution in [0.15, 0.2) is 0 Å². The smallest absolute Gasteiger partial charge is 0.240 e. The molecule has 0 bridgehead atoms. The van der Waals surface area contributed by atoms with Gasteiger partial charge in [0.1, 0.15) is 0 Å². The van der Waals surface area contributed by atoms with E-state index in [1.807, 2.05) is 11.8 Å². The Morgan fingerprint density at radius 1 is 1.44 bits per heavy atom. The number of thioether (sulfide) groups is 1. The average Bonchev–Trinajstić information content (AvgIpc) is 2.61. The zero-order valence-electron chi connectivity index (χ0n) is 10.2. The fourth-order valence-corrected chi connectivity index (χ4v) is 3.75. The van der Waals surface area contributed by atoms with Gasteiger partial charge in [0.05, 0.1) is 6.04 Å². The Bertz CT molecular complexity index is 251. The fourth-order valence-electron chi connectivity index (χ4n) is 2.59. The van der Waals surface area contributed by atoms with E-state index >= 15 is 0 Å². The minimum atomic E-state index is 0.0759. The number of nitrogens with one attached hydrogen (secondary N) is 1. The van der Waals surface area contributed by atoms with E-state index in [-0.39, 0.29) is 6.04 Å². The second-order valence-corrected chi connectivity index (χ2v) is 6.22. The molecule has 2 aliphatic rings. The maximum absolute atomic E-state index is 12.2. The summed E-state index contributed by atoms with van der Waals surface area (Å²) >= 11 is 1.99. The SMILES string of the molecule is CC(C)NC1CCN(C2CCCSC2)C1=O. The molecule has 2 atom stereocenters. The van der Waals surface area contributed by atoms with Crippen LogP contribution in [0, 0.1) is 0 Å². The predicted octanol–water partition coefficient (Wildman–Crippen LogP) is 1.48. The lowest BCUT2D eigenvalue weighted by Crippen LogP contribution is -2.46. The van der Waals surface area contributed by atoms with Crippen LogP contribution in [-0.2, 0) is 4.79 Å². The standard InChI is InChI=1S/C12H22N2OS/c1-9(2)13-11-5-6-14(12(11)15)10-4-3-7-16-8-10/h9-11,13H,3-8H2,1-2H3. The summed E-state index contributed by atoms with van der Waals surface area (Å²) in [5.74, 6) is 2.74. The molecule has 0 aliphatic carbocycles. The third-order valence-electron chi connectivity index (χ3n) is 3.35. The van der Waals surface area contributed by atoms with Crippen LogP contribution < -0.4 is 5.32 Å². The lowest BCUT2D eigenvalue weighted by Gasteiger charge is -2.31. The largest absolute Gasteiger partial charge is 0.337 e. The van der Waals surface area contributed by atoms with Gasteiger partial charge < -0.3 is 10.2 Å². The van der Waals surface area contributed by atoms with Crippen molar-refractivity contribution in [2.24, 2.45) is 0 Å². The second kappa shape index (κ2) is 5.41. The lowest BCUT2D eigenvalue weighted by molar-refractivity contribution is -0.131. The summed E-state index contributed by atoms with van der Waals surface area (Å²) in [6, 6.07) is 0.978. The predicted molar refractivity (Wildman–Crippen MR) is 68.7 cm³/mol. The van der Waals surface area contributed by atoms with Gasteiger partial charge in [-0.25, -0.2) is 0 Å². The third-order valence-corrected chi connectivity index (χ3v) is 4.55. The zero-order chi connectivity index (χ0) is 11.5. The highest BCUT2D eigenvalue weighted by molar-refractivity contribution is 7.99. The number of likely N-dealkylation sites (tertiary alicyclic amines) is 1. The molecule has 0 radical (unpaired) electrons. The van der Waals surface area contributed by atoms with E-state index in [0.29, 0.717) is 18.0 Å². The molecule has 2 heterocycles. The Kier molecular flexibility index (Phi) is 4.14. The molecule has 1 N–H and O–H groups in total. The molecule has 0 aromatic rings. The van der Waals surface area contributed by atoms with Crippen LogP contribution in [0.3, 0.4) is 0 Å². The summed E-state index contributed by atoms with van der Waals surface area (Å²) in [7, 11) is 0. The van der Waals surface area contributed by atoms with Crippen molar-refractivity contribution in [3.8, 4) is 0 Å². The van der Waals surface area contributed by atoms with Gasteiger partial charge in [0, 0.05) is 24.4 Å². The van der Waals surface area contributed by atoms with Gasteiger partial charge in [-0.2, -0.15) is 11.8 Å². The zero-order valence-corrected chi connectivity index (χ0v) is 11.1. The topological polar surface area (TPSA) is 32.3 Å². The van der Waals surface area contributed by atoms with E-state index in [1.165, 1.54) is 18.6 Å². The van der Waals surface area contributed by atoms with Crippen molar-refractivity contribution >= 4 is 17.7 Å². The summed E-state index contributed by atoms with van der Waals surface area (Å²) in [4.78, 5) is 14.3. The monoisotopic (exact) mass is 242 g/mol. The molecule has 3 nitrogen and oxygen atoms in total. The van der Waals surface area contributed by atoms with Crippen LogP contribution in [-0.4, -0.2) is 47.0 Å². The summed E-state index contributed by atoms with van der Waals surface area (Å²) in [6.07, 6.45) is 3.45. The molecule has 0 spiro atoms. The van der Waals surface area contributed by atoms with E-state index in [4.69, 9.17) is 0 Å². The first kappa shape index (κ1) is 12.2. The number of hydrogen-bond acceptors (Lipinski definition) is 3. The van der Waals surface area contributed by atoms with E-state index in [0.717, 1.165) is 18.7 Å². The minimum absolute atomic E-state index is 0.0759. The van der Waals surface area contributed by atoms with Crippen LogP contribution in [0.25, 0.3) is 0 Å². The van der Waals surface area contributed by atoms with Gasteiger partial charge in [-0.1, -0.05) is 13.8 Å². The Morgan fingerprint density at radius 3 is 2.88 bits per heavy atom. The highest BCUT2D eigenvalue weighted by Gasteiger charge is 2.36. The van der Waals surface area contributed by atoms with Crippen molar-refractivity contribution in [2.45, 2.75) is 51.2 Å². The molecule has 2 aliphatic heterocycles. The summed E-state index contributed by atoms with van der Waals surface area (Å²) in [6.45, 7) is 5.16. The summed E-state index contributed by atoms with van der Waals surface area (Å²) in [5.41, 5.74) is 0. The Labute approximate surface area is 102 Å². The molecular formula is C12H22N2OS. The van der Waals surface area contributed by atoms with Gasteiger partial charge >= 0.3 is 0 Å². The molecule has 16 heavy (non-hydrogen) atoms. The van der Waals surface area contributed by atoms with Crippen molar-refractivity contribution in [2.75, 3.05) is 18.1 Å². The van der Waals surface area contributed by atoms with E-state index in [9.17, 15) is 4.79 Å². The Balaban J connectivity index is 1.90. The molecule has 2 fully saturated rings. The summed E-state index contributed by atoms with van der Waals surface area (Å²) in [5, 5.41) is 3.36. The molecule has 0 saturated carbocycles. The number of carbonyl (C=O) groups excluding carboxylic acids is 1. The first-order valence-corrected chi connectivity index (χ1v) is 7.48. The number of amides is 1.